The summed E-state index contributed by atoms with van der Waals surface area (Å²) in [7, 11) is 0. The number of carbonyl (C=O) groups excluding carboxylic acids is 4. The van der Waals surface area contributed by atoms with Crippen molar-refractivity contribution < 1.29 is 63.7 Å². The summed E-state index contributed by atoms with van der Waals surface area (Å²) in [6, 6.07) is 14.9. The molecule has 2 aromatic rings. The molecule has 1 saturated heterocycles. The lowest BCUT2D eigenvalue weighted by Gasteiger charge is -2.67. The van der Waals surface area contributed by atoms with E-state index in [2.05, 4.69) is 5.32 Å². The Hall–Kier alpha value is -4.47. The Bertz CT molecular complexity index is 1880. The standard InChI is InChI=1S/C41H49NO13/c1-21-25(19-41(52)22(2)34-39(5,26(43)18-27-40(34,51)20-53-27)35(48)32(47)30(21)38(41,3)4)54-37(50)33(55-29(46)17-16-28(44)45)31(23-12-8-6-9-13-23)42-36(49)24-14-10-7-11-15-24/h6-15,22,25-27,31-34,43,47,51-52H,16-20H2,1-5H3,(H,42,49)(H,44,45)/t22?,25?,26?,27?,31?,32?,33?,34?,39-,40?,41?/m1/s1. The SMILES string of the molecule is CC1=C2C(O)C(=O)[C@]3(C)C(O)CC4OCC4(O)C3C(C)C(O)(CC1OC(=O)C(OC(=O)CCC(=O)O)C(NC(=O)c1ccccc1)c1ccccc1)C2(C)C. The number of aliphatic hydroxyl groups is 4. The molecule has 6 N–H and O–H groups in total. The predicted molar refractivity (Wildman–Crippen MR) is 193 cm³/mol. The zero-order valence-corrected chi connectivity index (χ0v) is 31.4. The van der Waals surface area contributed by atoms with Gasteiger partial charge < -0.3 is 45.1 Å². The maximum Gasteiger partial charge on any atom is 0.350 e. The van der Waals surface area contributed by atoms with Crippen LogP contribution in [0.5, 0.6) is 0 Å². The molecule has 1 heterocycles. The van der Waals surface area contributed by atoms with Gasteiger partial charge in [0.2, 0.25) is 6.10 Å². The Kier molecular flexibility index (Phi) is 10.6. The number of hydrogen-bond donors (Lipinski definition) is 6. The third-order valence-corrected chi connectivity index (χ3v) is 12.9. The summed E-state index contributed by atoms with van der Waals surface area (Å²) in [5.41, 5.74) is -5.64. The van der Waals surface area contributed by atoms with Gasteiger partial charge in [-0.3, -0.25) is 19.2 Å². The van der Waals surface area contributed by atoms with Crippen LogP contribution in [0.4, 0.5) is 0 Å². The summed E-state index contributed by atoms with van der Waals surface area (Å²) < 4.78 is 17.4. The van der Waals surface area contributed by atoms with Gasteiger partial charge in [0.15, 0.2) is 5.78 Å². The molecular formula is C41H49NO13. The van der Waals surface area contributed by atoms with Crippen LogP contribution in [0.25, 0.3) is 0 Å². The van der Waals surface area contributed by atoms with Gasteiger partial charge in [0.25, 0.3) is 5.91 Å². The van der Waals surface area contributed by atoms with E-state index in [1.807, 2.05) is 0 Å². The Morgan fingerprint density at radius 1 is 0.964 bits per heavy atom. The third-order valence-electron chi connectivity index (χ3n) is 12.9. The van der Waals surface area contributed by atoms with Crippen molar-refractivity contribution in [3.05, 3.63) is 82.9 Å². The molecule has 296 valence electrons. The quantitative estimate of drug-likeness (QED) is 0.151. The normalized spacial score (nSPS) is 34.7. The number of benzene rings is 2. The summed E-state index contributed by atoms with van der Waals surface area (Å²) >= 11 is 0. The van der Waals surface area contributed by atoms with Crippen LogP contribution in [0, 0.1) is 22.7 Å². The minimum absolute atomic E-state index is 0.0509. The Morgan fingerprint density at radius 3 is 2.16 bits per heavy atom. The van der Waals surface area contributed by atoms with Crippen molar-refractivity contribution in [2.24, 2.45) is 22.7 Å². The fraction of sp³-hybridized carbons (Fsp3) is 0.537. The number of amides is 1. The van der Waals surface area contributed by atoms with Gasteiger partial charge in [0, 0.05) is 29.7 Å². The summed E-state index contributed by atoms with van der Waals surface area (Å²) in [5.74, 6) is -6.92. The van der Waals surface area contributed by atoms with Crippen molar-refractivity contribution >= 4 is 29.6 Å². The summed E-state index contributed by atoms with van der Waals surface area (Å²) in [6.07, 6.45) is -8.75. The van der Waals surface area contributed by atoms with Crippen LogP contribution in [0.2, 0.25) is 0 Å². The molecule has 4 aliphatic rings. The number of Topliss-reactive ketones (excluding diaryl/α,β-unsaturated/α-hetero) is 1. The lowest BCUT2D eigenvalue weighted by molar-refractivity contribution is -0.335. The minimum atomic E-state index is -1.89. The Balaban J connectivity index is 1.42. The molecule has 2 saturated carbocycles. The second-order valence-electron chi connectivity index (χ2n) is 16.2. The van der Waals surface area contributed by atoms with E-state index in [4.69, 9.17) is 14.2 Å². The molecule has 1 amide bonds. The van der Waals surface area contributed by atoms with Crippen molar-refractivity contribution in [1.82, 2.24) is 5.32 Å². The molecule has 11 atom stereocenters. The fourth-order valence-corrected chi connectivity index (χ4v) is 9.79. The molecule has 2 aromatic carbocycles. The number of ether oxygens (including phenoxy) is 3. The molecule has 55 heavy (non-hydrogen) atoms. The zero-order chi connectivity index (χ0) is 40.2. The van der Waals surface area contributed by atoms with Crippen molar-refractivity contribution in [1.29, 1.82) is 0 Å². The fourth-order valence-electron chi connectivity index (χ4n) is 9.79. The first-order valence-electron chi connectivity index (χ1n) is 18.5. The van der Waals surface area contributed by atoms with Gasteiger partial charge in [-0.1, -0.05) is 69.3 Å². The number of hydrogen-bond acceptors (Lipinski definition) is 12. The zero-order valence-electron chi connectivity index (χ0n) is 31.4. The van der Waals surface area contributed by atoms with E-state index < -0.39 is 113 Å². The van der Waals surface area contributed by atoms with E-state index in [-0.39, 0.29) is 36.2 Å². The molecule has 2 bridgehead atoms. The van der Waals surface area contributed by atoms with Crippen molar-refractivity contribution in [2.45, 2.75) is 108 Å². The van der Waals surface area contributed by atoms with Crippen LogP contribution >= 0.6 is 0 Å². The van der Waals surface area contributed by atoms with Crippen molar-refractivity contribution in [3.8, 4) is 0 Å². The summed E-state index contributed by atoms with van der Waals surface area (Å²) in [4.78, 5) is 66.9. The second-order valence-corrected chi connectivity index (χ2v) is 16.2. The number of aliphatic carboxylic acids is 1. The molecule has 0 spiro atoms. The Labute approximate surface area is 318 Å². The molecule has 0 radical (unpaired) electrons. The average molecular weight is 764 g/mol. The maximum absolute atomic E-state index is 14.5. The van der Waals surface area contributed by atoms with Crippen molar-refractivity contribution in [3.63, 3.8) is 0 Å². The largest absolute Gasteiger partial charge is 0.481 e. The highest BCUT2D eigenvalue weighted by atomic mass is 16.6. The lowest BCUT2D eigenvalue weighted by atomic mass is 9.43. The van der Waals surface area contributed by atoms with Crippen LogP contribution < -0.4 is 5.32 Å². The highest BCUT2D eigenvalue weighted by Gasteiger charge is 2.74. The van der Waals surface area contributed by atoms with Crippen LogP contribution in [0.3, 0.4) is 0 Å². The highest BCUT2D eigenvalue weighted by Crippen LogP contribution is 2.64. The van der Waals surface area contributed by atoms with E-state index in [0.29, 0.717) is 5.56 Å². The molecule has 14 heteroatoms. The molecule has 6 rings (SSSR count). The van der Waals surface area contributed by atoms with Gasteiger partial charge in [-0.05, 0) is 48.6 Å². The number of nitrogens with one attached hydrogen (secondary N) is 1. The smallest absolute Gasteiger partial charge is 0.350 e. The third kappa shape index (κ3) is 6.57. The number of carboxylic acids is 1. The van der Waals surface area contributed by atoms with Gasteiger partial charge in [-0.15, -0.1) is 0 Å². The van der Waals surface area contributed by atoms with Crippen molar-refractivity contribution in [2.75, 3.05) is 6.61 Å². The summed E-state index contributed by atoms with van der Waals surface area (Å²) in [6.45, 7) is 7.88. The monoisotopic (exact) mass is 763 g/mol. The topological polar surface area (TPSA) is 226 Å². The van der Waals surface area contributed by atoms with E-state index >= 15 is 0 Å². The molecule has 0 aromatic heterocycles. The first-order chi connectivity index (χ1) is 25.8. The second kappa shape index (κ2) is 14.6. The van der Waals surface area contributed by atoms with Crippen LogP contribution in [-0.2, 0) is 33.4 Å². The highest BCUT2D eigenvalue weighted by molar-refractivity contribution is 5.95. The molecule has 3 aliphatic carbocycles. The van der Waals surface area contributed by atoms with Gasteiger partial charge in [0.1, 0.15) is 23.9 Å². The first kappa shape index (κ1) is 40.2. The predicted octanol–water partition coefficient (Wildman–Crippen LogP) is 2.42. The van der Waals surface area contributed by atoms with Crippen LogP contribution in [0.15, 0.2) is 71.8 Å². The number of carboxylic acid groups (broad SMARTS) is 1. The van der Waals surface area contributed by atoms with Crippen LogP contribution in [-0.4, -0.2) is 103 Å². The van der Waals surface area contributed by atoms with E-state index in [0.717, 1.165) is 0 Å². The molecule has 1 aliphatic heterocycles. The van der Waals surface area contributed by atoms with Gasteiger partial charge >= 0.3 is 17.9 Å². The minimum Gasteiger partial charge on any atom is -0.481 e. The molecular weight excluding hydrogens is 714 g/mol. The summed E-state index contributed by atoms with van der Waals surface area (Å²) in [5, 5.41) is 60.3. The molecule has 10 unspecified atom stereocenters. The number of rotatable bonds is 10. The first-order valence-corrected chi connectivity index (χ1v) is 18.5. The van der Waals surface area contributed by atoms with Gasteiger partial charge in [0.05, 0.1) is 42.7 Å². The number of ketones is 1. The van der Waals surface area contributed by atoms with E-state index in [9.17, 15) is 49.5 Å². The van der Waals surface area contributed by atoms with Gasteiger partial charge in [-0.2, -0.15) is 0 Å². The number of esters is 2. The number of fused-ring (bicyclic) bond motifs is 5. The van der Waals surface area contributed by atoms with Gasteiger partial charge in [-0.25, -0.2) is 4.79 Å². The maximum atomic E-state index is 14.5. The number of carbonyl (C=O) groups is 5. The van der Waals surface area contributed by atoms with E-state index in [1.54, 1.807) is 88.4 Å². The lowest BCUT2D eigenvalue weighted by Crippen LogP contribution is -2.78. The molecule has 3 fully saturated rings. The Morgan fingerprint density at radius 2 is 1.58 bits per heavy atom. The average Bonchev–Trinajstić information content (AvgIpc) is 3.15. The molecule has 14 nitrogen and oxygen atoms in total. The van der Waals surface area contributed by atoms with Crippen LogP contribution in [0.1, 0.15) is 82.3 Å². The number of aliphatic hydroxyl groups excluding tert-OH is 2. The van der Waals surface area contributed by atoms with E-state index in [1.165, 1.54) is 6.92 Å².